The van der Waals surface area contributed by atoms with Crippen LogP contribution < -0.4 is 4.74 Å². The molecule has 1 aromatic carbocycles. The Labute approximate surface area is 106 Å². The summed E-state index contributed by atoms with van der Waals surface area (Å²) in [6, 6.07) is 7.01. The molecule has 94 valence electrons. The van der Waals surface area contributed by atoms with Crippen LogP contribution in [0.2, 0.25) is 0 Å². The molecule has 0 aliphatic carbocycles. The van der Waals surface area contributed by atoms with E-state index >= 15 is 0 Å². The van der Waals surface area contributed by atoms with E-state index in [1.54, 1.807) is 38.4 Å². The minimum atomic E-state index is -0.738. The van der Waals surface area contributed by atoms with Crippen LogP contribution in [0.25, 0.3) is 0 Å². The van der Waals surface area contributed by atoms with Gasteiger partial charge in [-0.2, -0.15) is 0 Å². The van der Waals surface area contributed by atoms with E-state index in [4.69, 9.17) is 21.4 Å². The van der Waals surface area contributed by atoms with Gasteiger partial charge in [0.15, 0.2) is 0 Å². The van der Waals surface area contributed by atoms with Gasteiger partial charge in [-0.15, -0.1) is 11.6 Å². The Morgan fingerprint density at radius 3 is 2.53 bits per heavy atom. The van der Waals surface area contributed by atoms with Gasteiger partial charge in [0.25, 0.3) is 0 Å². The van der Waals surface area contributed by atoms with Crippen molar-refractivity contribution in [3.8, 4) is 5.75 Å². The van der Waals surface area contributed by atoms with Gasteiger partial charge in [-0.1, -0.05) is 12.1 Å². The third-order valence-electron chi connectivity index (χ3n) is 2.44. The summed E-state index contributed by atoms with van der Waals surface area (Å²) in [5.41, 5.74) is 0.710. The highest BCUT2D eigenvalue weighted by Gasteiger charge is 2.20. The van der Waals surface area contributed by atoms with Gasteiger partial charge >= 0.3 is 0 Å². The molecule has 0 aliphatic heterocycles. The number of likely N-dealkylation sites (N-methyl/N-ethyl adjacent to an activating group) is 1. The Kier molecular flexibility index (Phi) is 5.25. The van der Waals surface area contributed by atoms with Crippen LogP contribution in [0.1, 0.15) is 10.9 Å². The van der Waals surface area contributed by atoms with Crippen LogP contribution in [0.15, 0.2) is 24.3 Å². The minimum absolute atomic E-state index is 0.0749. The zero-order valence-electron chi connectivity index (χ0n) is 9.89. The highest BCUT2D eigenvalue weighted by Crippen LogP contribution is 2.24. The predicted molar refractivity (Wildman–Crippen MR) is 66.3 cm³/mol. The number of alkyl halides is 1. The van der Waals surface area contributed by atoms with Gasteiger partial charge in [-0.25, -0.2) is 0 Å². The van der Waals surface area contributed by atoms with Crippen molar-refractivity contribution >= 4 is 17.5 Å². The molecule has 0 spiro atoms. The van der Waals surface area contributed by atoms with Crippen LogP contribution in [0.5, 0.6) is 5.75 Å². The Morgan fingerprint density at radius 1 is 1.47 bits per heavy atom. The first-order valence-corrected chi connectivity index (χ1v) is 5.67. The van der Waals surface area contributed by atoms with Crippen LogP contribution >= 0.6 is 11.6 Å². The molecule has 0 saturated carbocycles. The number of carbonyl (C=O) groups is 1. The van der Waals surface area contributed by atoms with Crippen molar-refractivity contribution in [3.05, 3.63) is 29.8 Å². The third-order valence-corrected chi connectivity index (χ3v) is 2.88. The summed E-state index contributed by atoms with van der Waals surface area (Å²) in [6.45, 7) is 0.201. The quantitative estimate of drug-likeness (QED) is 0.812. The zero-order chi connectivity index (χ0) is 12.8. The molecular weight excluding hydrogens is 242 g/mol. The van der Waals surface area contributed by atoms with Crippen molar-refractivity contribution in [2.75, 3.05) is 27.3 Å². The molecular formula is C12H16ClNO3. The van der Waals surface area contributed by atoms with E-state index in [-0.39, 0.29) is 19.1 Å². The first-order valence-electron chi connectivity index (χ1n) is 5.24. The van der Waals surface area contributed by atoms with Crippen LogP contribution in [0, 0.1) is 0 Å². The lowest BCUT2D eigenvalue weighted by Gasteiger charge is -2.19. The van der Waals surface area contributed by atoms with E-state index in [0.717, 1.165) is 0 Å². The first kappa shape index (κ1) is 13.8. The van der Waals surface area contributed by atoms with Crippen molar-refractivity contribution in [1.29, 1.82) is 0 Å². The van der Waals surface area contributed by atoms with Crippen molar-refractivity contribution in [3.63, 3.8) is 0 Å². The van der Waals surface area contributed by atoms with Crippen molar-refractivity contribution in [2.45, 2.75) is 5.38 Å². The maximum Gasteiger partial charge on any atom is 0.244 e. The van der Waals surface area contributed by atoms with Gasteiger partial charge in [0.1, 0.15) is 11.1 Å². The van der Waals surface area contributed by atoms with Crippen molar-refractivity contribution in [1.82, 2.24) is 4.90 Å². The predicted octanol–water partition coefficient (Wildman–Crippen LogP) is 1.43. The zero-order valence-corrected chi connectivity index (χ0v) is 10.6. The molecule has 0 fully saturated rings. The lowest BCUT2D eigenvalue weighted by Crippen LogP contribution is -2.32. The maximum absolute atomic E-state index is 11.8. The molecule has 1 aromatic rings. The number of hydrogen-bond acceptors (Lipinski definition) is 3. The van der Waals surface area contributed by atoms with Gasteiger partial charge in [0, 0.05) is 13.6 Å². The SMILES string of the molecule is COc1ccc(C(Cl)C(=O)N(C)CCO)cc1. The fourth-order valence-electron chi connectivity index (χ4n) is 1.37. The molecule has 4 nitrogen and oxygen atoms in total. The number of aliphatic hydroxyl groups is 1. The average molecular weight is 258 g/mol. The smallest absolute Gasteiger partial charge is 0.244 e. The fraction of sp³-hybridized carbons (Fsp3) is 0.417. The number of aliphatic hydroxyl groups excluding tert-OH is 1. The van der Waals surface area contributed by atoms with E-state index in [1.165, 1.54) is 4.90 Å². The van der Waals surface area contributed by atoms with E-state index in [2.05, 4.69) is 0 Å². The highest BCUT2D eigenvalue weighted by molar-refractivity contribution is 6.30. The van der Waals surface area contributed by atoms with Crippen molar-refractivity contribution in [2.24, 2.45) is 0 Å². The monoisotopic (exact) mass is 257 g/mol. The van der Waals surface area contributed by atoms with Gasteiger partial charge in [-0.3, -0.25) is 4.79 Å². The fourth-order valence-corrected chi connectivity index (χ4v) is 1.68. The summed E-state index contributed by atoms with van der Waals surface area (Å²) in [5, 5.41) is 8.01. The standard InChI is InChI=1S/C12H16ClNO3/c1-14(7-8-15)12(16)11(13)9-3-5-10(17-2)6-4-9/h3-6,11,15H,7-8H2,1-2H3. The van der Waals surface area contributed by atoms with Gasteiger partial charge in [-0.05, 0) is 17.7 Å². The third kappa shape index (κ3) is 3.61. The Balaban J connectivity index is 2.74. The summed E-state index contributed by atoms with van der Waals surface area (Å²) < 4.78 is 5.02. The number of methoxy groups -OCH3 is 1. The number of benzene rings is 1. The van der Waals surface area contributed by atoms with Crippen LogP contribution in [0.3, 0.4) is 0 Å². The number of halogens is 1. The van der Waals surface area contributed by atoms with Crippen LogP contribution in [0.4, 0.5) is 0 Å². The number of carbonyl (C=O) groups excluding carboxylic acids is 1. The molecule has 0 radical (unpaired) electrons. The molecule has 0 saturated heterocycles. The lowest BCUT2D eigenvalue weighted by atomic mass is 10.1. The summed E-state index contributed by atoms with van der Waals surface area (Å²) in [4.78, 5) is 13.2. The van der Waals surface area contributed by atoms with Gasteiger partial charge in [0.05, 0.1) is 13.7 Å². The second-order valence-electron chi connectivity index (χ2n) is 3.62. The van der Waals surface area contributed by atoms with Crippen molar-refractivity contribution < 1.29 is 14.6 Å². The Bertz CT molecular complexity index is 367. The Morgan fingerprint density at radius 2 is 2.06 bits per heavy atom. The van der Waals surface area contributed by atoms with Crippen LogP contribution in [-0.2, 0) is 4.79 Å². The molecule has 5 heteroatoms. The number of nitrogens with zero attached hydrogens (tertiary/aromatic N) is 1. The molecule has 1 amide bonds. The summed E-state index contributed by atoms with van der Waals surface area (Å²) in [7, 11) is 3.19. The molecule has 17 heavy (non-hydrogen) atoms. The minimum Gasteiger partial charge on any atom is -0.497 e. The second kappa shape index (κ2) is 6.47. The van der Waals surface area contributed by atoms with Crippen LogP contribution in [-0.4, -0.2) is 43.2 Å². The molecule has 1 N–H and O–H groups in total. The second-order valence-corrected chi connectivity index (χ2v) is 4.06. The largest absolute Gasteiger partial charge is 0.497 e. The topological polar surface area (TPSA) is 49.8 Å². The normalized spacial score (nSPS) is 12.0. The number of ether oxygens (including phenoxy) is 1. The maximum atomic E-state index is 11.8. The summed E-state index contributed by atoms with van der Waals surface area (Å²) in [5.74, 6) is 0.486. The van der Waals surface area contributed by atoms with E-state index in [0.29, 0.717) is 11.3 Å². The highest BCUT2D eigenvalue weighted by atomic mass is 35.5. The first-order chi connectivity index (χ1) is 8.10. The molecule has 0 aromatic heterocycles. The molecule has 0 heterocycles. The van der Waals surface area contributed by atoms with E-state index in [1.807, 2.05) is 0 Å². The number of rotatable bonds is 5. The summed E-state index contributed by atoms with van der Waals surface area (Å²) in [6.07, 6.45) is 0. The number of hydrogen-bond donors (Lipinski definition) is 1. The molecule has 1 unspecified atom stereocenters. The average Bonchev–Trinajstić information content (AvgIpc) is 2.37. The van der Waals surface area contributed by atoms with E-state index < -0.39 is 5.38 Å². The van der Waals surface area contributed by atoms with Gasteiger partial charge < -0.3 is 14.7 Å². The Hall–Kier alpha value is -1.26. The van der Waals surface area contributed by atoms with E-state index in [9.17, 15) is 4.79 Å². The molecule has 1 rings (SSSR count). The molecule has 0 bridgehead atoms. The number of amides is 1. The molecule has 1 atom stereocenters. The lowest BCUT2D eigenvalue weighted by molar-refractivity contribution is -0.130. The van der Waals surface area contributed by atoms with Gasteiger partial charge in [0.2, 0.25) is 5.91 Å². The molecule has 0 aliphatic rings. The summed E-state index contributed by atoms with van der Waals surface area (Å²) >= 11 is 6.07.